The minimum atomic E-state index is 0.610. The molecule has 1 aromatic carbocycles. The summed E-state index contributed by atoms with van der Waals surface area (Å²) in [6.45, 7) is 0. The molecule has 0 saturated carbocycles. The van der Waals surface area contributed by atoms with Crippen molar-refractivity contribution in [3.63, 3.8) is 0 Å². The van der Waals surface area contributed by atoms with E-state index in [4.69, 9.17) is 12.2 Å². The normalized spacial score (nSPS) is 9.93. The molecule has 0 fully saturated rings. The monoisotopic (exact) mass is 217 g/mol. The molecule has 0 spiro atoms. The molecular weight excluding hydrogens is 206 g/mol. The number of nitrogens with one attached hydrogen (secondary N) is 2. The highest BCUT2D eigenvalue weighted by atomic mass is 32.1. The Bertz CT molecular complexity index is 491. The average Bonchev–Trinajstić information content (AvgIpc) is 2.29. The van der Waals surface area contributed by atoms with Crippen molar-refractivity contribution in [3.8, 4) is 0 Å². The molecule has 0 radical (unpaired) electrons. The van der Waals surface area contributed by atoms with Crippen LogP contribution in [0.1, 0.15) is 0 Å². The van der Waals surface area contributed by atoms with Crippen molar-refractivity contribution in [1.82, 2.24) is 10.3 Å². The lowest BCUT2D eigenvalue weighted by molar-refractivity contribution is 1.20. The Morgan fingerprint density at radius 2 is 2.20 bits per heavy atom. The first-order chi connectivity index (χ1) is 7.31. The van der Waals surface area contributed by atoms with Gasteiger partial charge in [0.25, 0.3) is 0 Å². The number of fused-ring (bicyclic) bond motifs is 1. The van der Waals surface area contributed by atoms with Crippen molar-refractivity contribution < 1.29 is 0 Å². The van der Waals surface area contributed by atoms with E-state index in [9.17, 15) is 0 Å². The van der Waals surface area contributed by atoms with Crippen LogP contribution < -0.4 is 10.6 Å². The summed E-state index contributed by atoms with van der Waals surface area (Å²) in [5, 5.41) is 8.83. The van der Waals surface area contributed by atoms with E-state index in [0.29, 0.717) is 5.11 Å². The lowest BCUT2D eigenvalue weighted by Crippen LogP contribution is -2.24. The van der Waals surface area contributed by atoms with Gasteiger partial charge in [-0.25, -0.2) is 0 Å². The van der Waals surface area contributed by atoms with Crippen LogP contribution in [0.5, 0.6) is 0 Å². The van der Waals surface area contributed by atoms with Gasteiger partial charge in [0.05, 0.1) is 0 Å². The van der Waals surface area contributed by atoms with Gasteiger partial charge in [0.15, 0.2) is 5.11 Å². The number of hydrogen-bond donors (Lipinski definition) is 2. The van der Waals surface area contributed by atoms with Crippen molar-refractivity contribution in [2.24, 2.45) is 0 Å². The van der Waals surface area contributed by atoms with Crippen LogP contribution >= 0.6 is 12.2 Å². The minimum absolute atomic E-state index is 0.610. The summed E-state index contributed by atoms with van der Waals surface area (Å²) < 4.78 is 0. The zero-order valence-electron chi connectivity index (χ0n) is 8.32. The molecule has 1 heterocycles. The van der Waals surface area contributed by atoms with Gasteiger partial charge in [-0.15, -0.1) is 0 Å². The molecule has 0 aliphatic heterocycles. The van der Waals surface area contributed by atoms with Crippen molar-refractivity contribution in [1.29, 1.82) is 0 Å². The van der Waals surface area contributed by atoms with Crippen LogP contribution in [0.25, 0.3) is 10.8 Å². The van der Waals surface area contributed by atoms with Crippen molar-refractivity contribution >= 4 is 33.8 Å². The summed E-state index contributed by atoms with van der Waals surface area (Å²) in [6.07, 6.45) is 3.61. The van der Waals surface area contributed by atoms with E-state index in [-0.39, 0.29) is 0 Å². The molecule has 0 atom stereocenters. The number of thiocarbonyl (C=S) groups is 1. The Morgan fingerprint density at radius 1 is 1.33 bits per heavy atom. The van der Waals surface area contributed by atoms with Crippen LogP contribution in [-0.4, -0.2) is 17.1 Å². The number of benzene rings is 1. The number of anilines is 1. The SMILES string of the molecule is CNC(=S)Nc1cccc2cnccc12. The number of hydrogen-bond acceptors (Lipinski definition) is 2. The fourth-order valence-corrected chi connectivity index (χ4v) is 1.53. The van der Waals surface area contributed by atoms with Crippen LogP contribution in [-0.2, 0) is 0 Å². The molecule has 0 saturated heterocycles. The molecule has 3 nitrogen and oxygen atoms in total. The zero-order valence-corrected chi connectivity index (χ0v) is 9.14. The standard InChI is InChI=1S/C11H11N3S/c1-12-11(15)14-10-4-2-3-8-7-13-6-5-9(8)10/h2-7H,1H3,(H2,12,14,15). The summed E-state index contributed by atoms with van der Waals surface area (Å²) in [4.78, 5) is 4.08. The van der Waals surface area contributed by atoms with Crippen LogP contribution in [0.2, 0.25) is 0 Å². The molecule has 0 aliphatic carbocycles. The molecule has 2 rings (SSSR count). The smallest absolute Gasteiger partial charge is 0.170 e. The quantitative estimate of drug-likeness (QED) is 0.718. The van der Waals surface area contributed by atoms with E-state index < -0.39 is 0 Å². The highest BCUT2D eigenvalue weighted by molar-refractivity contribution is 7.80. The number of aromatic nitrogens is 1. The number of pyridine rings is 1. The number of rotatable bonds is 1. The molecule has 2 aromatic rings. The molecule has 0 bridgehead atoms. The second-order valence-corrected chi connectivity index (χ2v) is 3.51. The fraction of sp³-hybridized carbons (Fsp3) is 0.0909. The summed E-state index contributed by atoms with van der Waals surface area (Å²) in [5.74, 6) is 0. The van der Waals surface area contributed by atoms with Gasteiger partial charge in [-0.1, -0.05) is 12.1 Å². The van der Waals surface area contributed by atoms with Gasteiger partial charge >= 0.3 is 0 Å². The predicted molar refractivity (Wildman–Crippen MR) is 67.0 cm³/mol. The first-order valence-electron chi connectivity index (χ1n) is 4.63. The third-order valence-electron chi connectivity index (χ3n) is 2.16. The molecule has 0 amide bonds. The molecule has 76 valence electrons. The van der Waals surface area contributed by atoms with Gasteiger partial charge in [0, 0.05) is 35.9 Å². The van der Waals surface area contributed by atoms with Gasteiger partial charge in [-0.3, -0.25) is 4.98 Å². The van der Waals surface area contributed by atoms with Gasteiger partial charge in [-0.05, 0) is 24.4 Å². The topological polar surface area (TPSA) is 37.0 Å². The summed E-state index contributed by atoms with van der Waals surface area (Å²) in [5.41, 5.74) is 0.995. The van der Waals surface area contributed by atoms with Gasteiger partial charge in [0.2, 0.25) is 0 Å². The van der Waals surface area contributed by atoms with E-state index in [0.717, 1.165) is 16.5 Å². The van der Waals surface area contributed by atoms with Crippen LogP contribution in [0.4, 0.5) is 5.69 Å². The number of nitrogens with zero attached hydrogens (tertiary/aromatic N) is 1. The Hall–Kier alpha value is -1.68. The highest BCUT2D eigenvalue weighted by Crippen LogP contribution is 2.21. The highest BCUT2D eigenvalue weighted by Gasteiger charge is 2.00. The lowest BCUT2D eigenvalue weighted by atomic mass is 10.1. The maximum absolute atomic E-state index is 5.06. The van der Waals surface area contributed by atoms with E-state index in [1.807, 2.05) is 30.5 Å². The average molecular weight is 217 g/mol. The molecule has 1 aromatic heterocycles. The molecule has 0 unspecified atom stereocenters. The Kier molecular flexibility index (Phi) is 2.78. The maximum Gasteiger partial charge on any atom is 0.170 e. The van der Waals surface area contributed by atoms with Gasteiger partial charge < -0.3 is 10.6 Å². The third kappa shape index (κ3) is 2.05. The molecule has 0 aliphatic rings. The van der Waals surface area contributed by atoms with E-state index >= 15 is 0 Å². The molecule has 4 heteroatoms. The van der Waals surface area contributed by atoms with Crippen molar-refractivity contribution in [2.45, 2.75) is 0 Å². The fourth-order valence-electron chi connectivity index (χ4n) is 1.42. The second kappa shape index (κ2) is 4.23. The molecular formula is C11H11N3S. The van der Waals surface area contributed by atoms with E-state index in [1.165, 1.54) is 0 Å². The van der Waals surface area contributed by atoms with Crippen LogP contribution in [0.15, 0.2) is 36.7 Å². The Morgan fingerprint density at radius 3 is 3.00 bits per heavy atom. The molecule has 2 N–H and O–H groups in total. The lowest BCUT2D eigenvalue weighted by Gasteiger charge is -2.09. The van der Waals surface area contributed by atoms with E-state index in [1.54, 1.807) is 13.2 Å². The Balaban J connectivity index is 2.46. The summed E-state index contributed by atoms with van der Waals surface area (Å²) in [7, 11) is 1.79. The zero-order chi connectivity index (χ0) is 10.7. The minimum Gasteiger partial charge on any atom is -0.366 e. The summed E-state index contributed by atoms with van der Waals surface area (Å²) >= 11 is 5.06. The Labute approximate surface area is 93.5 Å². The van der Waals surface area contributed by atoms with Gasteiger partial charge in [-0.2, -0.15) is 0 Å². The van der Waals surface area contributed by atoms with Crippen molar-refractivity contribution in [2.75, 3.05) is 12.4 Å². The maximum atomic E-state index is 5.06. The predicted octanol–water partition coefficient (Wildman–Crippen LogP) is 2.15. The van der Waals surface area contributed by atoms with E-state index in [2.05, 4.69) is 15.6 Å². The van der Waals surface area contributed by atoms with Crippen LogP contribution in [0.3, 0.4) is 0 Å². The first-order valence-corrected chi connectivity index (χ1v) is 5.03. The largest absolute Gasteiger partial charge is 0.366 e. The third-order valence-corrected chi connectivity index (χ3v) is 2.46. The summed E-state index contributed by atoms with van der Waals surface area (Å²) in [6, 6.07) is 7.96. The molecule has 15 heavy (non-hydrogen) atoms. The van der Waals surface area contributed by atoms with Gasteiger partial charge in [0.1, 0.15) is 0 Å². The first kappa shape index (κ1) is 9.86. The van der Waals surface area contributed by atoms with Crippen molar-refractivity contribution in [3.05, 3.63) is 36.7 Å². The van der Waals surface area contributed by atoms with Crippen LogP contribution in [0, 0.1) is 0 Å². The second-order valence-electron chi connectivity index (χ2n) is 3.11.